The Morgan fingerprint density at radius 3 is 2.38 bits per heavy atom. The van der Waals surface area contributed by atoms with E-state index in [4.69, 9.17) is 5.21 Å². The molecule has 0 saturated heterocycles. The van der Waals surface area contributed by atoms with E-state index in [1.165, 1.54) is 0 Å². The Balaban J connectivity index is 2.20. The van der Waals surface area contributed by atoms with E-state index in [-0.39, 0.29) is 0 Å². The zero-order chi connectivity index (χ0) is 11.2. The largest absolute Gasteiger partial charge is 0.411 e. The Morgan fingerprint density at radius 2 is 1.81 bits per heavy atom. The SMILES string of the molecule is O/N=C(/Cc1ccccn1)c1ccccn1. The third-order valence-corrected chi connectivity index (χ3v) is 2.16. The van der Waals surface area contributed by atoms with Gasteiger partial charge in [-0.3, -0.25) is 9.97 Å². The van der Waals surface area contributed by atoms with Crippen LogP contribution in [0.25, 0.3) is 0 Å². The highest BCUT2D eigenvalue weighted by atomic mass is 16.4. The van der Waals surface area contributed by atoms with Gasteiger partial charge in [0.2, 0.25) is 0 Å². The van der Waals surface area contributed by atoms with E-state index < -0.39 is 0 Å². The van der Waals surface area contributed by atoms with Crippen molar-refractivity contribution in [2.45, 2.75) is 6.42 Å². The molecule has 0 aliphatic carbocycles. The van der Waals surface area contributed by atoms with Crippen molar-refractivity contribution in [2.75, 3.05) is 0 Å². The first-order valence-corrected chi connectivity index (χ1v) is 4.92. The number of rotatable bonds is 3. The van der Waals surface area contributed by atoms with Crippen molar-refractivity contribution < 1.29 is 5.21 Å². The van der Waals surface area contributed by atoms with Crippen LogP contribution < -0.4 is 0 Å². The van der Waals surface area contributed by atoms with Crippen LogP contribution in [0.15, 0.2) is 53.9 Å². The van der Waals surface area contributed by atoms with Crippen molar-refractivity contribution in [3.05, 3.63) is 60.2 Å². The van der Waals surface area contributed by atoms with Crippen LogP contribution in [0.3, 0.4) is 0 Å². The van der Waals surface area contributed by atoms with Crippen molar-refractivity contribution in [3.63, 3.8) is 0 Å². The molecular weight excluding hydrogens is 202 g/mol. The number of pyridine rings is 2. The molecule has 80 valence electrons. The summed E-state index contributed by atoms with van der Waals surface area (Å²) in [6, 6.07) is 11.1. The lowest BCUT2D eigenvalue weighted by Gasteiger charge is -2.02. The average molecular weight is 213 g/mol. The molecule has 0 saturated carbocycles. The first kappa shape index (κ1) is 10.3. The van der Waals surface area contributed by atoms with E-state index in [2.05, 4.69) is 15.1 Å². The normalized spacial score (nSPS) is 11.4. The van der Waals surface area contributed by atoms with Crippen LogP contribution >= 0.6 is 0 Å². The van der Waals surface area contributed by atoms with Crippen molar-refractivity contribution in [1.82, 2.24) is 9.97 Å². The van der Waals surface area contributed by atoms with Gasteiger partial charge in [-0.1, -0.05) is 17.3 Å². The summed E-state index contributed by atoms with van der Waals surface area (Å²) in [4.78, 5) is 8.30. The molecule has 16 heavy (non-hydrogen) atoms. The molecule has 2 rings (SSSR count). The molecule has 2 aromatic heterocycles. The van der Waals surface area contributed by atoms with Gasteiger partial charge in [0.1, 0.15) is 5.71 Å². The lowest BCUT2D eigenvalue weighted by molar-refractivity contribution is 0.318. The fourth-order valence-electron chi connectivity index (χ4n) is 1.38. The van der Waals surface area contributed by atoms with E-state index >= 15 is 0 Å². The van der Waals surface area contributed by atoms with Gasteiger partial charge < -0.3 is 5.21 Å². The molecule has 0 aliphatic heterocycles. The van der Waals surface area contributed by atoms with Crippen molar-refractivity contribution in [3.8, 4) is 0 Å². The summed E-state index contributed by atoms with van der Waals surface area (Å²) in [6.07, 6.45) is 3.84. The Morgan fingerprint density at radius 1 is 1.06 bits per heavy atom. The van der Waals surface area contributed by atoms with Crippen LogP contribution in [0.4, 0.5) is 0 Å². The fourth-order valence-corrected chi connectivity index (χ4v) is 1.38. The second-order valence-electron chi connectivity index (χ2n) is 3.26. The summed E-state index contributed by atoms with van der Waals surface area (Å²) in [6.45, 7) is 0. The van der Waals surface area contributed by atoms with Gasteiger partial charge in [-0.05, 0) is 24.3 Å². The van der Waals surface area contributed by atoms with E-state index in [0.29, 0.717) is 17.8 Å². The summed E-state index contributed by atoms with van der Waals surface area (Å²) in [7, 11) is 0. The molecule has 0 aliphatic rings. The monoisotopic (exact) mass is 213 g/mol. The second kappa shape index (κ2) is 5.02. The number of hydrogen-bond acceptors (Lipinski definition) is 4. The number of oxime groups is 1. The molecule has 4 nitrogen and oxygen atoms in total. The summed E-state index contributed by atoms with van der Waals surface area (Å²) < 4.78 is 0. The van der Waals surface area contributed by atoms with Crippen molar-refractivity contribution in [2.24, 2.45) is 5.16 Å². The highest BCUT2D eigenvalue weighted by Crippen LogP contribution is 2.03. The third kappa shape index (κ3) is 2.42. The first-order chi connectivity index (χ1) is 7.90. The van der Waals surface area contributed by atoms with Crippen molar-refractivity contribution in [1.29, 1.82) is 0 Å². The van der Waals surface area contributed by atoms with E-state index in [9.17, 15) is 0 Å². The zero-order valence-corrected chi connectivity index (χ0v) is 8.61. The lowest BCUT2D eigenvalue weighted by atomic mass is 10.1. The zero-order valence-electron chi connectivity index (χ0n) is 8.61. The smallest absolute Gasteiger partial charge is 0.111 e. The molecule has 4 heteroatoms. The Hall–Kier alpha value is -2.23. The molecule has 0 amide bonds. The maximum Gasteiger partial charge on any atom is 0.111 e. The van der Waals surface area contributed by atoms with Gasteiger partial charge in [0.15, 0.2) is 0 Å². The minimum absolute atomic E-state index is 0.467. The molecule has 0 fully saturated rings. The van der Waals surface area contributed by atoms with Gasteiger partial charge >= 0.3 is 0 Å². The minimum atomic E-state index is 0.467. The molecule has 0 aromatic carbocycles. The Kier molecular flexibility index (Phi) is 3.23. The van der Waals surface area contributed by atoms with Gasteiger partial charge in [-0.25, -0.2) is 0 Å². The van der Waals surface area contributed by atoms with Crippen molar-refractivity contribution >= 4 is 5.71 Å². The van der Waals surface area contributed by atoms with Crippen LogP contribution in [0, 0.1) is 0 Å². The van der Waals surface area contributed by atoms with E-state index in [1.54, 1.807) is 18.5 Å². The molecule has 0 radical (unpaired) electrons. The molecule has 0 spiro atoms. The Bertz CT molecular complexity index is 468. The number of nitrogens with zero attached hydrogens (tertiary/aromatic N) is 3. The molecule has 2 aromatic rings. The predicted molar refractivity (Wildman–Crippen MR) is 60.5 cm³/mol. The first-order valence-electron chi connectivity index (χ1n) is 4.92. The lowest BCUT2D eigenvalue weighted by Crippen LogP contribution is -2.08. The summed E-state index contributed by atoms with van der Waals surface area (Å²) in [5.41, 5.74) is 2.02. The highest BCUT2D eigenvalue weighted by Gasteiger charge is 2.06. The summed E-state index contributed by atoms with van der Waals surface area (Å²) >= 11 is 0. The molecule has 0 unspecified atom stereocenters. The van der Waals surface area contributed by atoms with Gasteiger partial charge in [0.05, 0.1) is 5.69 Å². The average Bonchev–Trinajstić information content (AvgIpc) is 2.38. The Labute approximate surface area is 93.3 Å². The highest BCUT2D eigenvalue weighted by molar-refractivity contribution is 5.99. The van der Waals surface area contributed by atoms with Gasteiger partial charge in [-0.15, -0.1) is 0 Å². The van der Waals surface area contributed by atoms with Crippen LogP contribution in [0.5, 0.6) is 0 Å². The molecule has 2 heterocycles. The van der Waals surface area contributed by atoms with Gasteiger partial charge in [-0.2, -0.15) is 0 Å². The number of aromatic nitrogens is 2. The van der Waals surface area contributed by atoms with E-state index in [1.807, 2.05) is 30.3 Å². The van der Waals surface area contributed by atoms with Crippen LogP contribution in [0.2, 0.25) is 0 Å². The van der Waals surface area contributed by atoms with Gasteiger partial charge in [0, 0.05) is 24.5 Å². The predicted octanol–water partition coefficient (Wildman–Crippen LogP) is 1.90. The molecular formula is C12H11N3O. The molecule has 1 N–H and O–H groups in total. The standard InChI is InChI=1S/C12H11N3O/c16-15-12(11-6-2-4-8-14-11)9-10-5-1-3-7-13-10/h1-8,16H,9H2/b15-12-. The van der Waals surface area contributed by atoms with Gasteiger partial charge in [0.25, 0.3) is 0 Å². The minimum Gasteiger partial charge on any atom is -0.411 e. The topological polar surface area (TPSA) is 58.4 Å². The second-order valence-corrected chi connectivity index (χ2v) is 3.26. The maximum atomic E-state index is 8.96. The van der Waals surface area contributed by atoms with Crippen LogP contribution in [-0.2, 0) is 6.42 Å². The molecule has 0 atom stereocenters. The summed E-state index contributed by atoms with van der Waals surface area (Å²) in [5, 5.41) is 12.2. The number of hydrogen-bond donors (Lipinski definition) is 1. The third-order valence-electron chi connectivity index (χ3n) is 2.16. The molecule has 0 bridgehead atoms. The van der Waals surface area contributed by atoms with Crippen LogP contribution in [0.1, 0.15) is 11.4 Å². The van der Waals surface area contributed by atoms with E-state index in [0.717, 1.165) is 5.69 Å². The van der Waals surface area contributed by atoms with Crippen LogP contribution in [-0.4, -0.2) is 20.9 Å². The summed E-state index contributed by atoms with van der Waals surface area (Å²) in [5.74, 6) is 0. The fraction of sp³-hybridized carbons (Fsp3) is 0.0833. The quantitative estimate of drug-likeness (QED) is 0.481. The maximum absolute atomic E-state index is 8.96.